The number of halogens is 1. The van der Waals surface area contributed by atoms with Crippen LogP contribution in [0.15, 0.2) is 10.6 Å². The molecule has 96 valence electrons. The van der Waals surface area contributed by atoms with Gasteiger partial charge in [0.15, 0.2) is 5.69 Å². The molecule has 1 saturated carbocycles. The van der Waals surface area contributed by atoms with Crippen molar-refractivity contribution >= 4 is 18.3 Å². The molecule has 0 saturated heterocycles. The van der Waals surface area contributed by atoms with Crippen LogP contribution in [-0.4, -0.2) is 35.6 Å². The lowest BCUT2D eigenvalue weighted by atomic mass is 10.2. The Labute approximate surface area is 107 Å². The topological polar surface area (TPSA) is 72.4 Å². The van der Waals surface area contributed by atoms with Crippen molar-refractivity contribution in [1.82, 2.24) is 10.1 Å². The van der Waals surface area contributed by atoms with Crippen molar-refractivity contribution in [3.8, 4) is 0 Å². The Morgan fingerprint density at radius 2 is 2.35 bits per heavy atom. The van der Waals surface area contributed by atoms with Gasteiger partial charge in [0, 0.05) is 31.6 Å². The molecule has 6 heteroatoms. The van der Waals surface area contributed by atoms with E-state index >= 15 is 0 Å². The minimum Gasteiger partial charge on any atom is -0.360 e. The first-order valence-electron chi connectivity index (χ1n) is 5.57. The maximum Gasteiger partial charge on any atom is 0.276 e. The Hall–Kier alpha value is -1.07. The number of hydrogen-bond acceptors (Lipinski definition) is 4. The molecular formula is C11H18ClN3O2. The van der Waals surface area contributed by atoms with Crippen LogP contribution in [0.1, 0.15) is 41.9 Å². The summed E-state index contributed by atoms with van der Waals surface area (Å²) in [5, 5.41) is 3.81. The Morgan fingerprint density at radius 3 is 2.88 bits per heavy atom. The summed E-state index contributed by atoms with van der Waals surface area (Å²) in [5.74, 6) is 1.18. The van der Waals surface area contributed by atoms with Gasteiger partial charge in [0.25, 0.3) is 5.91 Å². The van der Waals surface area contributed by atoms with Gasteiger partial charge in [-0.25, -0.2) is 0 Å². The lowest BCUT2D eigenvalue weighted by molar-refractivity contribution is 0.0738. The van der Waals surface area contributed by atoms with Gasteiger partial charge in [0.05, 0.1) is 0 Å². The first-order chi connectivity index (χ1) is 7.63. The molecule has 1 unspecified atom stereocenters. The van der Waals surface area contributed by atoms with Gasteiger partial charge in [-0.3, -0.25) is 4.79 Å². The molecule has 1 aromatic rings. The van der Waals surface area contributed by atoms with E-state index < -0.39 is 0 Å². The molecule has 1 aromatic heterocycles. The number of carbonyl (C=O) groups excluding carboxylic acids is 1. The molecule has 17 heavy (non-hydrogen) atoms. The van der Waals surface area contributed by atoms with Crippen molar-refractivity contribution in [3.05, 3.63) is 17.5 Å². The van der Waals surface area contributed by atoms with E-state index in [4.69, 9.17) is 10.3 Å². The highest BCUT2D eigenvalue weighted by atomic mass is 35.5. The van der Waals surface area contributed by atoms with Crippen molar-refractivity contribution in [2.24, 2.45) is 5.73 Å². The van der Waals surface area contributed by atoms with E-state index in [2.05, 4.69) is 5.16 Å². The van der Waals surface area contributed by atoms with Gasteiger partial charge in [-0.05, 0) is 19.8 Å². The number of carbonyl (C=O) groups is 1. The number of aromatic nitrogens is 1. The Kier molecular flexibility index (Phi) is 4.54. The second kappa shape index (κ2) is 5.51. The summed E-state index contributed by atoms with van der Waals surface area (Å²) >= 11 is 0. The molecule has 1 aliphatic rings. The average Bonchev–Trinajstić information content (AvgIpc) is 3.04. The highest BCUT2D eigenvalue weighted by Gasteiger charge is 2.29. The van der Waals surface area contributed by atoms with Gasteiger partial charge < -0.3 is 15.2 Å². The molecule has 1 fully saturated rings. The minimum absolute atomic E-state index is 0. The van der Waals surface area contributed by atoms with Crippen LogP contribution in [0, 0.1) is 0 Å². The number of amides is 1. The summed E-state index contributed by atoms with van der Waals surface area (Å²) in [6.45, 7) is 2.34. The molecule has 1 aliphatic carbocycles. The maximum absolute atomic E-state index is 11.9. The number of likely N-dealkylation sites (N-methyl/N-ethyl adjacent to an activating group) is 1. The van der Waals surface area contributed by atoms with Gasteiger partial charge in [0.1, 0.15) is 5.76 Å². The summed E-state index contributed by atoms with van der Waals surface area (Å²) in [7, 11) is 1.73. The van der Waals surface area contributed by atoms with E-state index in [1.807, 2.05) is 6.92 Å². The van der Waals surface area contributed by atoms with Crippen molar-refractivity contribution < 1.29 is 9.32 Å². The molecule has 0 bridgehead atoms. The van der Waals surface area contributed by atoms with E-state index in [-0.39, 0.29) is 24.4 Å². The van der Waals surface area contributed by atoms with Crippen LogP contribution in [0.4, 0.5) is 0 Å². The summed E-state index contributed by atoms with van der Waals surface area (Å²) in [4.78, 5) is 13.5. The quantitative estimate of drug-likeness (QED) is 0.887. The smallest absolute Gasteiger partial charge is 0.276 e. The fourth-order valence-corrected chi connectivity index (χ4v) is 1.49. The molecule has 0 spiro atoms. The summed E-state index contributed by atoms with van der Waals surface area (Å²) in [6.07, 6.45) is 2.27. The molecule has 0 aliphatic heterocycles. The van der Waals surface area contributed by atoms with Gasteiger partial charge in [-0.1, -0.05) is 5.16 Å². The lowest BCUT2D eigenvalue weighted by Gasteiger charge is -2.22. The first-order valence-corrected chi connectivity index (χ1v) is 5.57. The Balaban J connectivity index is 0.00000144. The standard InChI is InChI=1S/C11H17N3O2.ClH/c1-7(6-12)14(2)11(15)9-5-10(16-13-9)8-3-4-8;/h5,7-8H,3-4,6,12H2,1-2H3;1H. The number of nitrogens with zero attached hydrogens (tertiary/aromatic N) is 2. The number of nitrogens with two attached hydrogens (primary N) is 1. The minimum atomic E-state index is -0.131. The summed E-state index contributed by atoms with van der Waals surface area (Å²) < 4.78 is 5.14. The highest BCUT2D eigenvalue weighted by molar-refractivity contribution is 5.92. The van der Waals surface area contributed by atoms with Crippen molar-refractivity contribution in [2.75, 3.05) is 13.6 Å². The first kappa shape index (κ1) is 14.0. The average molecular weight is 260 g/mol. The fourth-order valence-electron chi connectivity index (χ4n) is 1.49. The van der Waals surface area contributed by atoms with Gasteiger partial charge in [-0.2, -0.15) is 0 Å². The van der Waals surface area contributed by atoms with E-state index in [9.17, 15) is 4.79 Å². The summed E-state index contributed by atoms with van der Waals surface area (Å²) in [5.41, 5.74) is 5.89. The fraction of sp³-hybridized carbons (Fsp3) is 0.636. The molecule has 5 nitrogen and oxygen atoms in total. The molecule has 1 amide bonds. The van der Waals surface area contributed by atoms with Crippen LogP contribution in [0.2, 0.25) is 0 Å². The largest absolute Gasteiger partial charge is 0.360 e. The summed E-state index contributed by atoms with van der Waals surface area (Å²) in [6, 6.07) is 1.76. The van der Waals surface area contributed by atoms with Crippen LogP contribution in [0.5, 0.6) is 0 Å². The zero-order valence-corrected chi connectivity index (χ0v) is 10.9. The van der Waals surface area contributed by atoms with Crippen LogP contribution in [-0.2, 0) is 0 Å². The normalized spacial score (nSPS) is 16.2. The van der Waals surface area contributed by atoms with Gasteiger partial charge >= 0.3 is 0 Å². The Morgan fingerprint density at radius 1 is 1.71 bits per heavy atom. The lowest BCUT2D eigenvalue weighted by Crippen LogP contribution is -2.39. The van der Waals surface area contributed by atoms with E-state index in [1.54, 1.807) is 18.0 Å². The monoisotopic (exact) mass is 259 g/mol. The van der Waals surface area contributed by atoms with Crippen molar-refractivity contribution in [3.63, 3.8) is 0 Å². The van der Waals surface area contributed by atoms with Crippen LogP contribution < -0.4 is 5.73 Å². The second-order valence-corrected chi connectivity index (χ2v) is 4.39. The molecule has 0 aromatic carbocycles. The third-order valence-electron chi connectivity index (χ3n) is 3.05. The number of rotatable bonds is 4. The van der Waals surface area contributed by atoms with E-state index in [0.717, 1.165) is 18.6 Å². The molecule has 0 radical (unpaired) electrons. The molecule has 2 N–H and O–H groups in total. The van der Waals surface area contributed by atoms with Crippen LogP contribution in [0.25, 0.3) is 0 Å². The Bertz CT molecular complexity index is 390. The molecule has 1 heterocycles. The molecule has 2 rings (SSSR count). The maximum atomic E-state index is 11.9. The SMILES string of the molecule is CC(CN)N(C)C(=O)c1cc(C2CC2)on1.Cl. The van der Waals surface area contributed by atoms with Crippen LogP contribution >= 0.6 is 12.4 Å². The van der Waals surface area contributed by atoms with Crippen molar-refractivity contribution in [2.45, 2.75) is 31.7 Å². The second-order valence-electron chi connectivity index (χ2n) is 4.39. The number of hydrogen-bond donors (Lipinski definition) is 1. The highest BCUT2D eigenvalue weighted by Crippen LogP contribution is 2.40. The molecular weight excluding hydrogens is 242 g/mol. The predicted octanol–water partition coefficient (Wildman–Crippen LogP) is 1.39. The third kappa shape index (κ3) is 2.98. The predicted molar refractivity (Wildman–Crippen MR) is 66.3 cm³/mol. The van der Waals surface area contributed by atoms with Crippen LogP contribution in [0.3, 0.4) is 0 Å². The zero-order valence-electron chi connectivity index (χ0n) is 10.0. The van der Waals surface area contributed by atoms with Crippen molar-refractivity contribution in [1.29, 1.82) is 0 Å². The molecule has 1 atom stereocenters. The van der Waals surface area contributed by atoms with Gasteiger partial charge in [0.2, 0.25) is 0 Å². The van der Waals surface area contributed by atoms with E-state index in [1.165, 1.54) is 0 Å². The van der Waals surface area contributed by atoms with E-state index in [0.29, 0.717) is 18.2 Å². The third-order valence-corrected chi connectivity index (χ3v) is 3.05. The zero-order chi connectivity index (χ0) is 11.7. The van der Waals surface area contributed by atoms with Gasteiger partial charge in [-0.15, -0.1) is 12.4 Å².